The minimum absolute atomic E-state index is 0.638. The van der Waals surface area contributed by atoms with Crippen molar-refractivity contribution in [3.05, 3.63) is 16.1 Å². The number of aromatic nitrogens is 1. The normalized spacial score (nSPS) is 15.0. The van der Waals surface area contributed by atoms with E-state index in [1.807, 2.05) is 6.20 Å². The number of aryl methyl sites for hydroxylation is 1. The van der Waals surface area contributed by atoms with Crippen LogP contribution in [0.25, 0.3) is 0 Å². The molecule has 92 valence electrons. The second-order valence-electron chi connectivity index (χ2n) is 4.60. The Hall–Kier alpha value is -0.410. The second-order valence-corrected chi connectivity index (χ2v) is 5.92. The Morgan fingerprint density at radius 3 is 2.62 bits per heavy atom. The summed E-state index contributed by atoms with van der Waals surface area (Å²) in [5, 5.41) is 4.82. The lowest BCUT2D eigenvalue weighted by atomic mass is 9.98. The van der Waals surface area contributed by atoms with Crippen molar-refractivity contribution < 1.29 is 0 Å². The zero-order valence-electron chi connectivity index (χ0n) is 10.9. The van der Waals surface area contributed by atoms with Gasteiger partial charge in [-0.05, 0) is 25.7 Å². The number of thiazole rings is 1. The van der Waals surface area contributed by atoms with E-state index in [-0.39, 0.29) is 0 Å². The molecule has 2 atom stereocenters. The average Bonchev–Trinajstić information content (AvgIpc) is 2.69. The molecule has 1 aromatic heterocycles. The summed E-state index contributed by atoms with van der Waals surface area (Å²) in [6, 6.07) is 0.638. The van der Waals surface area contributed by atoms with Crippen LogP contribution in [0.5, 0.6) is 0 Å². The van der Waals surface area contributed by atoms with Crippen molar-refractivity contribution in [1.82, 2.24) is 10.3 Å². The Kier molecular flexibility index (Phi) is 5.99. The van der Waals surface area contributed by atoms with Crippen molar-refractivity contribution in [2.75, 3.05) is 0 Å². The minimum Gasteiger partial charge on any atom is -0.308 e. The van der Waals surface area contributed by atoms with Gasteiger partial charge in [-0.1, -0.05) is 27.2 Å². The molecule has 0 saturated carbocycles. The molecule has 0 saturated heterocycles. The Labute approximate surface area is 103 Å². The predicted octanol–water partition coefficient (Wildman–Crippen LogP) is 3.76. The third-order valence-corrected chi connectivity index (χ3v) is 4.00. The van der Waals surface area contributed by atoms with Gasteiger partial charge in [-0.15, -0.1) is 11.3 Å². The van der Waals surface area contributed by atoms with Crippen molar-refractivity contribution in [3.63, 3.8) is 0 Å². The van der Waals surface area contributed by atoms with Crippen molar-refractivity contribution >= 4 is 11.3 Å². The van der Waals surface area contributed by atoms with Crippen LogP contribution in [0.15, 0.2) is 6.20 Å². The summed E-state index contributed by atoms with van der Waals surface area (Å²) >= 11 is 1.79. The van der Waals surface area contributed by atoms with Gasteiger partial charge in [-0.25, -0.2) is 4.98 Å². The molecule has 1 aromatic rings. The summed E-state index contributed by atoms with van der Waals surface area (Å²) in [7, 11) is 0. The van der Waals surface area contributed by atoms with Gasteiger partial charge < -0.3 is 5.32 Å². The summed E-state index contributed by atoms with van der Waals surface area (Å²) in [5.74, 6) is 0.815. The largest absolute Gasteiger partial charge is 0.308 e. The molecular weight excluding hydrogens is 216 g/mol. The maximum atomic E-state index is 4.38. The molecule has 2 nitrogen and oxygen atoms in total. The van der Waals surface area contributed by atoms with Crippen LogP contribution in [0.4, 0.5) is 0 Å². The van der Waals surface area contributed by atoms with Crippen LogP contribution < -0.4 is 5.32 Å². The predicted molar refractivity (Wildman–Crippen MR) is 71.8 cm³/mol. The van der Waals surface area contributed by atoms with Gasteiger partial charge in [-0.2, -0.15) is 0 Å². The Bertz CT molecular complexity index is 296. The lowest BCUT2D eigenvalue weighted by Gasteiger charge is -2.19. The number of nitrogens with zero attached hydrogens (tertiary/aromatic N) is 1. The minimum atomic E-state index is 0.638. The molecule has 0 amide bonds. The van der Waals surface area contributed by atoms with Gasteiger partial charge in [-0.3, -0.25) is 0 Å². The number of nitrogens with one attached hydrogen (secondary N) is 1. The summed E-state index contributed by atoms with van der Waals surface area (Å²) in [6.07, 6.45) is 5.71. The van der Waals surface area contributed by atoms with Gasteiger partial charge in [0, 0.05) is 23.7 Å². The molecule has 0 radical (unpaired) electrons. The third kappa shape index (κ3) is 4.62. The van der Waals surface area contributed by atoms with Gasteiger partial charge in [0.15, 0.2) is 0 Å². The van der Waals surface area contributed by atoms with E-state index in [4.69, 9.17) is 0 Å². The van der Waals surface area contributed by atoms with E-state index in [1.165, 1.54) is 29.1 Å². The van der Waals surface area contributed by atoms with Crippen molar-refractivity contribution in [2.24, 2.45) is 5.92 Å². The smallest absolute Gasteiger partial charge is 0.107 e. The zero-order valence-corrected chi connectivity index (χ0v) is 11.7. The maximum Gasteiger partial charge on any atom is 0.107 e. The zero-order chi connectivity index (χ0) is 12.0. The number of hydrogen-bond donors (Lipinski definition) is 1. The standard InChI is InChI=1S/C13H24N2S/c1-5-10(3)7-12(6-2)14-9-13-15-8-11(4)16-13/h8,10,12,14H,5-7,9H2,1-4H3. The molecule has 16 heavy (non-hydrogen) atoms. The Balaban J connectivity index is 2.33. The highest BCUT2D eigenvalue weighted by Gasteiger charge is 2.10. The molecule has 2 unspecified atom stereocenters. The fourth-order valence-corrected chi connectivity index (χ4v) is 2.50. The fraction of sp³-hybridized carbons (Fsp3) is 0.769. The van der Waals surface area contributed by atoms with Gasteiger partial charge >= 0.3 is 0 Å². The molecule has 0 aliphatic heterocycles. The van der Waals surface area contributed by atoms with E-state index in [0.29, 0.717) is 6.04 Å². The molecule has 3 heteroatoms. The molecule has 1 rings (SSSR count). The van der Waals surface area contributed by atoms with Gasteiger partial charge in [0.05, 0.1) is 0 Å². The van der Waals surface area contributed by atoms with Gasteiger partial charge in [0.2, 0.25) is 0 Å². The van der Waals surface area contributed by atoms with E-state index < -0.39 is 0 Å². The van der Waals surface area contributed by atoms with Crippen LogP contribution in [0, 0.1) is 12.8 Å². The highest BCUT2D eigenvalue weighted by atomic mass is 32.1. The fourth-order valence-electron chi connectivity index (χ4n) is 1.76. The number of rotatable bonds is 7. The first-order chi connectivity index (χ1) is 7.65. The molecule has 0 spiro atoms. The molecule has 0 fully saturated rings. The van der Waals surface area contributed by atoms with Crippen LogP contribution >= 0.6 is 11.3 Å². The first kappa shape index (κ1) is 13.7. The summed E-state index contributed by atoms with van der Waals surface area (Å²) in [5.41, 5.74) is 0. The average molecular weight is 240 g/mol. The van der Waals surface area contributed by atoms with E-state index in [1.54, 1.807) is 11.3 Å². The summed E-state index contributed by atoms with van der Waals surface area (Å²) < 4.78 is 0. The first-order valence-corrected chi connectivity index (χ1v) is 7.12. The highest BCUT2D eigenvalue weighted by Crippen LogP contribution is 2.14. The Morgan fingerprint density at radius 2 is 2.12 bits per heavy atom. The van der Waals surface area contributed by atoms with Crippen LogP contribution in [0.2, 0.25) is 0 Å². The molecule has 0 aromatic carbocycles. The van der Waals surface area contributed by atoms with E-state index in [0.717, 1.165) is 12.5 Å². The molecule has 1 heterocycles. The van der Waals surface area contributed by atoms with Crippen molar-refractivity contribution in [2.45, 2.75) is 59.5 Å². The third-order valence-electron chi connectivity index (χ3n) is 3.09. The van der Waals surface area contributed by atoms with Crippen molar-refractivity contribution in [1.29, 1.82) is 0 Å². The van der Waals surface area contributed by atoms with E-state index in [9.17, 15) is 0 Å². The molecule has 1 N–H and O–H groups in total. The molecular formula is C13H24N2S. The monoisotopic (exact) mass is 240 g/mol. The summed E-state index contributed by atoms with van der Waals surface area (Å²) in [6.45, 7) is 9.89. The van der Waals surface area contributed by atoms with Crippen LogP contribution in [-0.2, 0) is 6.54 Å². The van der Waals surface area contributed by atoms with Crippen molar-refractivity contribution in [3.8, 4) is 0 Å². The van der Waals surface area contributed by atoms with E-state index >= 15 is 0 Å². The van der Waals surface area contributed by atoms with E-state index in [2.05, 4.69) is 38.0 Å². The Morgan fingerprint density at radius 1 is 1.38 bits per heavy atom. The summed E-state index contributed by atoms with van der Waals surface area (Å²) in [4.78, 5) is 5.68. The lowest BCUT2D eigenvalue weighted by Crippen LogP contribution is -2.29. The quantitative estimate of drug-likeness (QED) is 0.785. The van der Waals surface area contributed by atoms with Crippen LogP contribution in [-0.4, -0.2) is 11.0 Å². The number of hydrogen-bond acceptors (Lipinski definition) is 3. The first-order valence-electron chi connectivity index (χ1n) is 6.30. The second kappa shape index (κ2) is 7.02. The molecule has 0 aliphatic rings. The van der Waals surface area contributed by atoms with Crippen LogP contribution in [0.3, 0.4) is 0 Å². The topological polar surface area (TPSA) is 24.9 Å². The lowest BCUT2D eigenvalue weighted by molar-refractivity contribution is 0.384. The molecule has 0 aliphatic carbocycles. The van der Waals surface area contributed by atoms with Gasteiger partial charge in [0.1, 0.15) is 5.01 Å². The van der Waals surface area contributed by atoms with Gasteiger partial charge in [0.25, 0.3) is 0 Å². The van der Waals surface area contributed by atoms with Crippen LogP contribution in [0.1, 0.15) is 49.9 Å². The molecule has 0 bridgehead atoms. The SMILES string of the molecule is CCC(C)CC(CC)NCc1ncc(C)s1. The highest BCUT2D eigenvalue weighted by molar-refractivity contribution is 7.11. The maximum absolute atomic E-state index is 4.38.